The zero-order chi connectivity index (χ0) is 22.2. The molecule has 1 saturated heterocycles. The molecule has 5 rings (SSSR count). The van der Waals surface area contributed by atoms with E-state index in [1.54, 1.807) is 18.5 Å². The van der Waals surface area contributed by atoms with E-state index >= 15 is 0 Å². The normalized spacial score (nSPS) is 16.3. The highest BCUT2D eigenvalue weighted by atomic mass is 19.1. The number of carbonyl (C=O) groups is 1. The van der Waals surface area contributed by atoms with Crippen LogP contribution in [-0.4, -0.2) is 62.0 Å². The Labute approximate surface area is 183 Å². The minimum atomic E-state index is -0.303. The van der Waals surface area contributed by atoms with Gasteiger partial charge in [0.05, 0.1) is 46.9 Å². The van der Waals surface area contributed by atoms with Crippen molar-refractivity contribution in [3.63, 3.8) is 0 Å². The molecule has 1 aliphatic heterocycles. The number of aromatic nitrogens is 5. The van der Waals surface area contributed by atoms with E-state index in [9.17, 15) is 9.18 Å². The Balaban J connectivity index is 1.41. The molecule has 0 spiro atoms. The number of H-pyrrole nitrogens is 1. The third-order valence-corrected chi connectivity index (χ3v) is 5.99. The van der Waals surface area contributed by atoms with Gasteiger partial charge in [-0.2, -0.15) is 5.10 Å². The quantitative estimate of drug-likeness (QED) is 0.426. The van der Waals surface area contributed by atoms with Gasteiger partial charge in [0.15, 0.2) is 0 Å². The van der Waals surface area contributed by atoms with Crippen LogP contribution in [0.3, 0.4) is 0 Å². The lowest BCUT2D eigenvalue weighted by Crippen LogP contribution is -2.29. The van der Waals surface area contributed by atoms with Crippen LogP contribution in [0.25, 0.3) is 27.6 Å². The van der Waals surface area contributed by atoms with Gasteiger partial charge in [0.25, 0.3) is 0 Å². The summed E-state index contributed by atoms with van der Waals surface area (Å²) in [5.74, 6) is 0.517. The van der Waals surface area contributed by atoms with Gasteiger partial charge in [0, 0.05) is 31.4 Å². The number of halogens is 1. The zero-order valence-electron chi connectivity index (χ0n) is 17.7. The highest BCUT2D eigenvalue weighted by molar-refractivity contribution is 6.06. The number of carbonyl (C=O) groups excluding carboxylic acids is 1. The highest BCUT2D eigenvalue weighted by Gasteiger charge is 2.27. The van der Waals surface area contributed by atoms with Crippen molar-refractivity contribution in [2.75, 3.05) is 31.1 Å². The first-order chi connectivity index (χ1) is 15.5. The average Bonchev–Trinajstić information content (AvgIpc) is 3.49. The fourth-order valence-electron chi connectivity index (χ4n) is 4.47. The molecule has 32 heavy (non-hydrogen) atoms. The summed E-state index contributed by atoms with van der Waals surface area (Å²) in [5.41, 5.74) is 4.05. The molecular formula is C22H24FN7O2. The number of fused-ring (bicyclic) bond motifs is 3. The lowest BCUT2D eigenvalue weighted by Gasteiger charge is -2.18. The summed E-state index contributed by atoms with van der Waals surface area (Å²) in [6.07, 6.45) is 4.82. The van der Waals surface area contributed by atoms with Gasteiger partial charge in [0.1, 0.15) is 5.82 Å². The van der Waals surface area contributed by atoms with Gasteiger partial charge in [-0.25, -0.2) is 14.4 Å². The number of nitrogens with zero attached hydrogens (tertiary/aromatic N) is 5. The van der Waals surface area contributed by atoms with Crippen LogP contribution in [0.15, 0.2) is 30.6 Å². The van der Waals surface area contributed by atoms with Crippen molar-refractivity contribution in [3.8, 4) is 5.69 Å². The number of hydrogen-bond donors (Lipinski definition) is 3. The molecule has 10 heteroatoms. The summed E-state index contributed by atoms with van der Waals surface area (Å²) in [6, 6.07) is 4.69. The lowest BCUT2D eigenvalue weighted by atomic mass is 10.0. The molecular weight excluding hydrogens is 413 g/mol. The predicted molar refractivity (Wildman–Crippen MR) is 118 cm³/mol. The topological polar surface area (TPSA) is 112 Å². The molecule has 4 heterocycles. The number of aliphatic hydroxyl groups is 1. The summed E-state index contributed by atoms with van der Waals surface area (Å²) >= 11 is 0. The molecule has 166 valence electrons. The molecule has 1 atom stereocenters. The molecule has 1 aromatic carbocycles. The van der Waals surface area contributed by atoms with Crippen LogP contribution in [0.5, 0.6) is 0 Å². The smallest absolute Gasteiger partial charge is 0.225 e. The van der Waals surface area contributed by atoms with Crippen LogP contribution in [0.4, 0.5) is 10.3 Å². The van der Waals surface area contributed by atoms with Gasteiger partial charge in [-0.3, -0.25) is 9.89 Å². The second kappa shape index (κ2) is 8.19. The van der Waals surface area contributed by atoms with Gasteiger partial charge in [0.2, 0.25) is 11.9 Å². The standard InChI is InChI=1S/C22H24FN7O2/c1-13-18(30-17-3-2-15(23)9-16(17)21-19(30)11-26-28-21)10-25-22(27-13)29-6-4-14(12-29)8-20(32)24-5-7-31/h2-3,9-11,14,31H,4-8,12H2,1H3,(H,24,32)(H,26,28)/t14-/m0/s1. The van der Waals surface area contributed by atoms with Gasteiger partial charge >= 0.3 is 0 Å². The number of aromatic amines is 1. The number of amides is 1. The second-order valence-corrected chi connectivity index (χ2v) is 8.15. The molecule has 1 fully saturated rings. The van der Waals surface area contributed by atoms with E-state index in [0.29, 0.717) is 18.9 Å². The van der Waals surface area contributed by atoms with Crippen LogP contribution in [0.1, 0.15) is 18.5 Å². The monoisotopic (exact) mass is 437 g/mol. The van der Waals surface area contributed by atoms with Gasteiger partial charge < -0.3 is 19.9 Å². The summed E-state index contributed by atoms with van der Waals surface area (Å²) in [7, 11) is 0. The van der Waals surface area contributed by atoms with Crippen molar-refractivity contribution in [1.82, 2.24) is 30.0 Å². The van der Waals surface area contributed by atoms with E-state index in [1.165, 1.54) is 12.1 Å². The highest BCUT2D eigenvalue weighted by Crippen LogP contribution is 2.32. The van der Waals surface area contributed by atoms with Gasteiger partial charge in [-0.15, -0.1) is 0 Å². The first-order valence-corrected chi connectivity index (χ1v) is 10.6. The van der Waals surface area contributed by atoms with Gasteiger partial charge in [-0.05, 0) is 37.5 Å². The van der Waals surface area contributed by atoms with E-state index in [4.69, 9.17) is 10.1 Å². The number of aliphatic hydroxyl groups excluding tert-OH is 1. The Morgan fingerprint density at radius 3 is 3.03 bits per heavy atom. The SMILES string of the molecule is Cc1nc(N2CC[C@@H](CC(=O)NCCO)C2)ncc1-n1c2ccc(F)cc2c2[nH]ncc21. The third-order valence-electron chi connectivity index (χ3n) is 5.99. The second-order valence-electron chi connectivity index (χ2n) is 8.15. The fraction of sp³-hybridized carbons (Fsp3) is 0.364. The van der Waals surface area contributed by atoms with Crippen molar-refractivity contribution in [2.45, 2.75) is 19.8 Å². The third kappa shape index (κ3) is 3.56. The number of benzene rings is 1. The zero-order valence-corrected chi connectivity index (χ0v) is 17.7. The van der Waals surface area contributed by atoms with Crippen LogP contribution >= 0.6 is 0 Å². The molecule has 0 unspecified atom stereocenters. The minimum Gasteiger partial charge on any atom is -0.395 e. The molecule has 3 aromatic heterocycles. The number of aryl methyl sites for hydroxylation is 1. The van der Waals surface area contributed by atoms with Crippen molar-refractivity contribution >= 4 is 33.8 Å². The largest absolute Gasteiger partial charge is 0.395 e. The number of nitrogens with one attached hydrogen (secondary N) is 2. The Morgan fingerprint density at radius 2 is 2.22 bits per heavy atom. The Bertz CT molecular complexity index is 1300. The summed E-state index contributed by atoms with van der Waals surface area (Å²) in [5, 5.41) is 19.4. The molecule has 0 bridgehead atoms. The Morgan fingerprint density at radius 1 is 1.34 bits per heavy atom. The Kier molecular flexibility index (Phi) is 5.22. The van der Waals surface area contributed by atoms with Gasteiger partial charge in [-0.1, -0.05) is 0 Å². The first-order valence-electron chi connectivity index (χ1n) is 10.6. The fourth-order valence-corrected chi connectivity index (χ4v) is 4.47. The minimum absolute atomic E-state index is 0.0431. The molecule has 9 nitrogen and oxygen atoms in total. The van der Waals surface area contributed by atoms with E-state index in [0.717, 1.165) is 46.3 Å². The van der Waals surface area contributed by atoms with Crippen molar-refractivity contribution < 1.29 is 14.3 Å². The van der Waals surface area contributed by atoms with E-state index in [-0.39, 0.29) is 30.8 Å². The van der Waals surface area contributed by atoms with Crippen LogP contribution in [-0.2, 0) is 4.79 Å². The average molecular weight is 437 g/mol. The van der Waals surface area contributed by atoms with Crippen molar-refractivity contribution in [1.29, 1.82) is 0 Å². The summed E-state index contributed by atoms with van der Waals surface area (Å²) < 4.78 is 15.8. The maximum atomic E-state index is 13.8. The molecule has 1 aliphatic rings. The number of rotatable bonds is 6. The first kappa shape index (κ1) is 20.4. The molecule has 0 saturated carbocycles. The summed E-state index contributed by atoms with van der Waals surface area (Å²) in [6.45, 7) is 3.65. The molecule has 0 radical (unpaired) electrons. The summed E-state index contributed by atoms with van der Waals surface area (Å²) in [4.78, 5) is 23.4. The molecule has 4 aromatic rings. The maximum Gasteiger partial charge on any atom is 0.225 e. The predicted octanol–water partition coefficient (Wildman–Crippen LogP) is 2.07. The van der Waals surface area contributed by atoms with Crippen LogP contribution in [0.2, 0.25) is 0 Å². The van der Waals surface area contributed by atoms with Crippen LogP contribution in [0, 0.1) is 18.7 Å². The van der Waals surface area contributed by atoms with E-state index < -0.39 is 0 Å². The van der Waals surface area contributed by atoms with Crippen molar-refractivity contribution in [3.05, 3.63) is 42.1 Å². The number of anilines is 1. The van der Waals surface area contributed by atoms with E-state index in [1.807, 2.05) is 11.5 Å². The van der Waals surface area contributed by atoms with E-state index in [2.05, 4.69) is 25.4 Å². The molecule has 0 aliphatic carbocycles. The molecule has 3 N–H and O–H groups in total. The Hall–Kier alpha value is -3.53. The molecule has 1 amide bonds. The van der Waals surface area contributed by atoms with Crippen molar-refractivity contribution in [2.24, 2.45) is 5.92 Å². The lowest BCUT2D eigenvalue weighted by molar-refractivity contribution is -0.122. The van der Waals surface area contributed by atoms with Crippen LogP contribution < -0.4 is 10.2 Å². The number of hydrogen-bond acceptors (Lipinski definition) is 6. The maximum absolute atomic E-state index is 13.8.